The highest BCUT2D eigenvalue weighted by Crippen LogP contribution is 2.31. The van der Waals surface area contributed by atoms with Gasteiger partial charge in [0.25, 0.3) is 0 Å². The molecule has 30 heteroatoms. The molecule has 0 atom stereocenters. The number of carbonyl (C=O) groups is 3. The molecule has 0 fully saturated rings. The van der Waals surface area contributed by atoms with E-state index in [1.807, 2.05) is 88.9 Å². The van der Waals surface area contributed by atoms with Crippen molar-refractivity contribution in [3.05, 3.63) is 159 Å². The number of hydrogen-bond donors (Lipinski definition) is 4. The summed E-state index contributed by atoms with van der Waals surface area (Å²) in [5, 5.41) is 14.0. The van der Waals surface area contributed by atoms with Crippen LogP contribution in [-0.2, 0) is 77.9 Å². The number of nitrogens with one attached hydrogen (secondary N) is 2. The molecule has 6 rings (SSSR count). The van der Waals surface area contributed by atoms with Crippen molar-refractivity contribution in [2.45, 2.75) is 82.9 Å². The highest BCUT2D eigenvalue weighted by Gasteiger charge is 2.28. The van der Waals surface area contributed by atoms with E-state index in [-0.39, 0.29) is 111 Å². The number of carboxylic acid groups (broad SMARTS) is 1. The summed E-state index contributed by atoms with van der Waals surface area (Å²) < 4.78 is 112. The summed E-state index contributed by atoms with van der Waals surface area (Å²) in [5.41, 5.74) is 15.2. The van der Waals surface area contributed by atoms with Crippen molar-refractivity contribution >= 4 is 89.7 Å². The molecule has 0 heterocycles. The molecule has 0 spiro atoms. The fourth-order valence-corrected chi connectivity index (χ4v) is 14.5. The van der Waals surface area contributed by atoms with E-state index in [1.165, 1.54) is 53.6 Å². The quantitative estimate of drug-likeness (QED) is 0.0213. The maximum absolute atomic E-state index is 13.0. The van der Waals surface area contributed by atoms with Crippen LogP contribution in [0.1, 0.15) is 57.5 Å². The van der Waals surface area contributed by atoms with Gasteiger partial charge in [-0.3, -0.25) is 9.59 Å². The average molecular weight is 1540 g/mol. The molecule has 6 aromatic carbocycles. The van der Waals surface area contributed by atoms with Gasteiger partial charge in [-0.2, -0.15) is 12.9 Å². The molecule has 0 aliphatic heterocycles. The summed E-state index contributed by atoms with van der Waals surface area (Å²) in [5.74, 6) is 0.161. The number of aryl methyl sites for hydroxylation is 6. The number of likely N-dealkylation sites (N-methyl/N-ethyl adjacent to an activating group) is 6. The third-order valence-corrected chi connectivity index (χ3v) is 21.8. The van der Waals surface area contributed by atoms with Crippen LogP contribution < -0.4 is 30.6 Å². The van der Waals surface area contributed by atoms with Gasteiger partial charge in [0.2, 0.25) is 41.9 Å². The number of methoxy groups -OCH3 is 3. The predicted molar refractivity (Wildman–Crippen MR) is 416 cm³/mol. The van der Waals surface area contributed by atoms with Crippen LogP contribution in [0.15, 0.2) is 124 Å². The van der Waals surface area contributed by atoms with Gasteiger partial charge in [-0.1, -0.05) is 43.8 Å². The normalized spacial score (nSPS) is 11.3. The number of ether oxygens (including phenoxy) is 6. The summed E-state index contributed by atoms with van der Waals surface area (Å²) in [6.07, 6.45) is 2.97. The Labute approximate surface area is 626 Å². The first kappa shape index (κ1) is 96.0. The Morgan fingerprint density at radius 3 is 0.854 bits per heavy atom. The summed E-state index contributed by atoms with van der Waals surface area (Å²) in [4.78, 5) is 41.8. The maximum atomic E-state index is 13.0. The zero-order chi connectivity index (χ0) is 75.1. The number of anilines is 3. The molecule has 2 amide bonds. The maximum Gasteiger partial charge on any atom is 0.329 e. The van der Waals surface area contributed by atoms with Gasteiger partial charge in [-0.25, -0.2) is 30.0 Å². The van der Waals surface area contributed by atoms with Gasteiger partial charge >= 0.3 is 5.97 Å². The second-order valence-corrected chi connectivity index (χ2v) is 30.6. The molecule has 0 saturated carbocycles. The third-order valence-electron chi connectivity index (χ3n) is 15.4. The molecule has 103 heavy (non-hydrogen) atoms. The lowest BCUT2D eigenvalue weighted by atomic mass is 10.1. The molecule has 0 aromatic heterocycles. The topological polar surface area (TPSA) is 299 Å². The van der Waals surface area contributed by atoms with Gasteiger partial charge in [-0.05, 0) is 226 Å². The van der Waals surface area contributed by atoms with Crippen LogP contribution in [0.3, 0.4) is 0 Å². The Morgan fingerprint density at radius 1 is 0.398 bits per heavy atom. The molecule has 0 aliphatic rings. The molecule has 25 nitrogen and oxygen atoms in total. The molecule has 578 valence electrons. The number of nitrogen functional groups attached to an aromatic ring is 1. The number of amides is 2. The van der Waals surface area contributed by atoms with E-state index in [9.17, 15) is 39.6 Å². The number of rotatable bonds is 35. The van der Waals surface area contributed by atoms with Crippen LogP contribution >= 0.6 is 24.8 Å². The minimum Gasteiger partial charge on any atom is -0.497 e. The second-order valence-electron chi connectivity index (χ2n) is 24.7. The number of halogens is 2. The molecule has 0 unspecified atom stereocenters. The number of benzene rings is 6. The Bertz CT molecular complexity index is 3670. The predicted octanol–water partition coefficient (Wildman–Crippen LogP) is 9.27. The van der Waals surface area contributed by atoms with Crippen LogP contribution in [0.5, 0.6) is 17.2 Å². The SMILES string of the molecule is C.CN(C)CCc1ccc(N)cc1.COc1cc(C)c(S(=O)(=O)N(C)CCOCC(=O)Nc2ccc(CCN(C)C)cc2)c(C)c1.COc1cc(C)c(S(=O)(=O)N(C)CCOCC(=O)Nc2ccc(CCN(C)C)cc2)c(C)c1.COc1cc(C)c(S(=O)(=O)N(C)CCOCC(=O)O)c(C)c1.Cl.Cl. The molecule has 0 aliphatic carbocycles. The largest absolute Gasteiger partial charge is 0.497 e. The summed E-state index contributed by atoms with van der Waals surface area (Å²) in [6, 6.07) is 33.6. The Balaban J connectivity index is 0.00000140. The number of carboxylic acids is 1. The van der Waals surface area contributed by atoms with Gasteiger partial charge in [0.1, 0.15) is 37.1 Å². The van der Waals surface area contributed by atoms with Gasteiger partial charge in [-0.15, -0.1) is 24.8 Å². The van der Waals surface area contributed by atoms with Gasteiger partial charge < -0.3 is 64.6 Å². The lowest BCUT2D eigenvalue weighted by Crippen LogP contribution is -2.32. The summed E-state index contributed by atoms with van der Waals surface area (Å²) in [7, 11) is 10.3. The second kappa shape index (κ2) is 47.5. The minimum absolute atomic E-state index is 0. The van der Waals surface area contributed by atoms with Crippen LogP contribution in [0.2, 0.25) is 0 Å². The fraction of sp³-hybridized carbons (Fsp3) is 0.466. The number of nitrogens with two attached hydrogens (primary N) is 1. The van der Waals surface area contributed by atoms with Crippen molar-refractivity contribution in [1.29, 1.82) is 0 Å². The van der Waals surface area contributed by atoms with Crippen molar-refractivity contribution in [2.24, 2.45) is 0 Å². The molecular weight excluding hydrogens is 1430 g/mol. The molecule has 0 radical (unpaired) electrons. The lowest BCUT2D eigenvalue weighted by Gasteiger charge is -2.20. The number of sulfonamides is 3. The van der Waals surface area contributed by atoms with E-state index in [0.717, 1.165) is 48.9 Å². The molecule has 0 bridgehead atoms. The van der Waals surface area contributed by atoms with Gasteiger partial charge in [0.05, 0.1) is 55.8 Å². The van der Waals surface area contributed by atoms with E-state index in [1.54, 1.807) is 92.2 Å². The number of aliphatic carboxylic acids is 1. The summed E-state index contributed by atoms with van der Waals surface area (Å²) in [6.45, 7) is 13.2. The molecule has 6 aromatic rings. The van der Waals surface area contributed by atoms with Gasteiger partial charge in [0, 0.05) is 77.5 Å². The number of hydrogen-bond acceptors (Lipinski definition) is 19. The van der Waals surface area contributed by atoms with E-state index in [0.29, 0.717) is 62.0 Å². The van der Waals surface area contributed by atoms with Crippen molar-refractivity contribution < 1.29 is 73.2 Å². The molecule has 5 N–H and O–H groups in total. The smallest absolute Gasteiger partial charge is 0.329 e. The molecular formula is C73H113Cl2N9O16S3. The monoisotopic (exact) mass is 1540 g/mol. The third kappa shape index (κ3) is 33.3. The van der Waals surface area contributed by atoms with E-state index in [2.05, 4.69) is 51.6 Å². The number of carbonyl (C=O) groups excluding carboxylic acids is 2. The highest BCUT2D eigenvalue weighted by molar-refractivity contribution is 7.89. The first-order chi connectivity index (χ1) is 47.0. The van der Waals surface area contributed by atoms with E-state index < -0.39 is 42.6 Å². The Hall–Kier alpha value is -7.00. The standard InChI is InChI=1S/2C24H35N3O5S.C14H21NO6S.C10H16N2.CH4.2ClH/c2*1-18-15-22(31-6)16-19(2)24(18)33(29,30)27(5)13-14-32-17-23(28)25-21-9-7-20(8-10-21)11-12-26(3)4;1-10-7-12(20-4)8-11(2)14(10)22(18,19)15(3)5-6-21-9-13(16)17;1-12(2)8-7-9-3-5-10(11)6-4-9;;;/h2*7-10,15-16H,11-14,17H2,1-6H3,(H,25,28);7-8H,5-6,9H2,1-4H3,(H,16,17);3-6H,7-8,11H2,1-2H3;1H4;2*1H. The van der Waals surface area contributed by atoms with Gasteiger partial charge in [0.15, 0.2) is 0 Å². The highest BCUT2D eigenvalue weighted by atomic mass is 35.5. The van der Waals surface area contributed by atoms with Crippen molar-refractivity contribution in [1.82, 2.24) is 27.6 Å². The first-order valence-corrected chi connectivity index (χ1v) is 36.6. The fourth-order valence-electron chi connectivity index (χ4n) is 9.85. The van der Waals surface area contributed by atoms with Crippen molar-refractivity contribution in [3.63, 3.8) is 0 Å². The zero-order valence-electron chi connectivity index (χ0n) is 62.4. The summed E-state index contributed by atoms with van der Waals surface area (Å²) >= 11 is 0. The van der Waals surface area contributed by atoms with Crippen LogP contribution in [0, 0.1) is 41.5 Å². The van der Waals surface area contributed by atoms with Crippen LogP contribution in [-0.4, -0.2) is 239 Å². The van der Waals surface area contributed by atoms with E-state index >= 15 is 0 Å². The Kier molecular flexibility index (Phi) is 44.2. The molecule has 0 saturated heterocycles. The average Bonchev–Trinajstić information content (AvgIpc) is 0.799. The van der Waals surface area contributed by atoms with Crippen LogP contribution in [0.4, 0.5) is 17.1 Å². The number of nitrogens with zero attached hydrogens (tertiary/aromatic N) is 6. The van der Waals surface area contributed by atoms with Crippen molar-refractivity contribution in [3.8, 4) is 17.2 Å². The minimum atomic E-state index is -3.69. The zero-order valence-corrected chi connectivity index (χ0v) is 66.5. The Morgan fingerprint density at radius 2 is 0.631 bits per heavy atom. The van der Waals surface area contributed by atoms with Crippen LogP contribution in [0.25, 0.3) is 0 Å². The lowest BCUT2D eigenvalue weighted by molar-refractivity contribution is -0.142. The van der Waals surface area contributed by atoms with Crippen molar-refractivity contribution in [2.75, 3.05) is 180 Å². The first-order valence-electron chi connectivity index (χ1n) is 32.3. The van der Waals surface area contributed by atoms with E-state index in [4.69, 9.17) is 39.3 Å².